The first-order valence-electron chi connectivity index (χ1n) is 8.79. The molecule has 1 heterocycles. The zero-order valence-corrected chi connectivity index (χ0v) is 13.9. The third kappa shape index (κ3) is 5.06. The maximum Gasteiger partial charge on any atom is 0.334 e. The van der Waals surface area contributed by atoms with E-state index in [2.05, 4.69) is 6.92 Å². The van der Waals surface area contributed by atoms with Crippen LogP contribution in [0.5, 0.6) is 0 Å². The standard InChI is InChI=1S/C17H31NO4/c1-2-3-4-5-6-7-8-9-10-12-15(19)17(16(20)21)13-11-14-18(17)22/h22H,2-14H2,1H3,(H,20,21)/t17-/m1/s1. The van der Waals surface area contributed by atoms with Crippen molar-refractivity contribution in [3.8, 4) is 0 Å². The molecule has 1 aliphatic heterocycles. The Labute approximate surface area is 133 Å². The number of carbonyl (C=O) groups is 2. The van der Waals surface area contributed by atoms with Crippen LogP contribution in [0.2, 0.25) is 0 Å². The number of carboxylic acid groups (broad SMARTS) is 1. The second-order valence-corrected chi connectivity index (χ2v) is 6.39. The van der Waals surface area contributed by atoms with Gasteiger partial charge in [-0.25, -0.2) is 4.79 Å². The van der Waals surface area contributed by atoms with Crippen LogP contribution in [0.3, 0.4) is 0 Å². The van der Waals surface area contributed by atoms with Gasteiger partial charge in [0.1, 0.15) is 0 Å². The Morgan fingerprint density at radius 3 is 2.00 bits per heavy atom. The summed E-state index contributed by atoms with van der Waals surface area (Å²) in [5.41, 5.74) is -1.68. The highest BCUT2D eigenvalue weighted by Crippen LogP contribution is 2.30. The molecule has 0 saturated carbocycles. The first-order chi connectivity index (χ1) is 10.6. The molecule has 0 aromatic carbocycles. The lowest BCUT2D eigenvalue weighted by Crippen LogP contribution is -2.55. The predicted octanol–water partition coefficient (Wildman–Crippen LogP) is 3.78. The Balaban J connectivity index is 2.19. The van der Waals surface area contributed by atoms with Gasteiger partial charge in [-0.3, -0.25) is 4.79 Å². The number of carboxylic acids is 1. The van der Waals surface area contributed by atoms with Gasteiger partial charge in [0.05, 0.1) is 0 Å². The minimum absolute atomic E-state index is 0.217. The number of Topliss-reactive ketones (excluding diaryl/α,β-unsaturated/α-hetero) is 1. The van der Waals surface area contributed by atoms with Crippen molar-refractivity contribution in [2.75, 3.05) is 6.54 Å². The summed E-state index contributed by atoms with van der Waals surface area (Å²) in [5, 5.41) is 19.8. The average molecular weight is 313 g/mol. The van der Waals surface area contributed by atoms with Crippen molar-refractivity contribution in [3.63, 3.8) is 0 Å². The van der Waals surface area contributed by atoms with E-state index in [1.807, 2.05) is 0 Å². The van der Waals surface area contributed by atoms with Gasteiger partial charge in [0.2, 0.25) is 5.54 Å². The summed E-state index contributed by atoms with van der Waals surface area (Å²) in [4.78, 5) is 23.7. The Bertz CT molecular complexity index is 359. The molecule has 5 heteroatoms. The Kier molecular flexibility index (Phi) is 8.64. The van der Waals surface area contributed by atoms with E-state index in [0.717, 1.165) is 24.3 Å². The van der Waals surface area contributed by atoms with Crippen LogP contribution in [0.25, 0.3) is 0 Å². The number of aliphatic carboxylic acids is 1. The minimum atomic E-state index is -1.68. The maximum absolute atomic E-state index is 12.2. The number of nitrogens with zero attached hydrogens (tertiary/aromatic N) is 1. The highest BCUT2D eigenvalue weighted by molar-refractivity contribution is 6.07. The monoisotopic (exact) mass is 313 g/mol. The fourth-order valence-corrected chi connectivity index (χ4v) is 3.23. The van der Waals surface area contributed by atoms with E-state index in [1.165, 1.54) is 38.5 Å². The molecule has 1 saturated heterocycles. The number of hydrogen-bond acceptors (Lipinski definition) is 4. The molecular formula is C17H31NO4. The molecule has 0 aromatic heterocycles. The second kappa shape index (κ2) is 9.95. The van der Waals surface area contributed by atoms with Crippen molar-refractivity contribution in [3.05, 3.63) is 0 Å². The quantitative estimate of drug-likeness (QED) is 0.423. The Morgan fingerprint density at radius 1 is 1.00 bits per heavy atom. The van der Waals surface area contributed by atoms with E-state index in [1.54, 1.807) is 0 Å². The van der Waals surface area contributed by atoms with Crippen LogP contribution in [-0.4, -0.2) is 39.2 Å². The van der Waals surface area contributed by atoms with Crippen LogP contribution >= 0.6 is 0 Å². The van der Waals surface area contributed by atoms with Crippen LogP contribution in [0.1, 0.15) is 84.0 Å². The van der Waals surface area contributed by atoms with Crippen LogP contribution in [-0.2, 0) is 9.59 Å². The van der Waals surface area contributed by atoms with Gasteiger partial charge >= 0.3 is 5.97 Å². The highest BCUT2D eigenvalue weighted by Gasteiger charge is 2.53. The van der Waals surface area contributed by atoms with Crippen molar-refractivity contribution in [1.82, 2.24) is 5.06 Å². The zero-order valence-electron chi connectivity index (χ0n) is 13.9. The number of unbranched alkanes of at least 4 members (excludes halogenated alkanes) is 8. The molecule has 1 atom stereocenters. The molecule has 128 valence electrons. The fourth-order valence-electron chi connectivity index (χ4n) is 3.23. The van der Waals surface area contributed by atoms with E-state index >= 15 is 0 Å². The lowest BCUT2D eigenvalue weighted by Gasteiger charge is -2.28. The van der Waals surface area contributed by atoms with Gasteiger partial charge in [0, 0.05) is 13.0 Å². The molecule has 0 spiro atoms. The first kappa shape index (κ1) is 19.1. The molecule has 0 amide bonds. The maximum atomic E-state index is 12.2. The van der Waals surface area contributed by atoms with E-state index in [9.17, 15) is 19.9 Å². The summed E-state index contributed by atoms with van der Waals surface area (Å²) >= 11 is 0. The van der Waals surface area contributed by atoms with Crippen molar-refractivity contribution in [2.24, 2.45) is 0 Å². The van der Waals surface area contributed by atoms with Crippen molar-refractivity contribution < 1.29 is 19.9 Å². The van der Waals surface area contributed by atoms with Crippen LogP contribution in [0.4, 0.5) is 0 Å². The predicted molar refractivity (Wildman–Crippen MR) is 84.9 cm³/mol. The molecule has 1 rings (SSSR count). The SMILES string of the molecule is CCCCCCCCCCCC(=O)[C@@]1(C(=O)O)CCCN1O. The molecule has 0 unspecified atom stereocenters. The smallest absolute Gasteiger partial charge is 0.334 e. The van der Waals surface area contributed by atoms with Crippen LogP contribution < -0.4 is 0 Å². The largest absolute Gasteiger partial charge is 0.479 e. The molecule has 0 bridgehead atoms. The van der Waals surface area contributed by atoms with E-state index in [0.29, 0.717) is 6.42 Å². The topological polar surface area (TPSA) is 77.8 Å². The summed E-state index contributed by atoms with van der Waals surface area (Å²) in [5.74, 6) is -1.56. The summed E-state index contributed by atoms with van der Waals surface area (Å²) in [7, 11) is 0. The van der Waals surface area contributed by atoms with Crippen molar-refractivity contribution in [2.45, 2.75) is 89.5 Å². The molecule has 0 aromatic rings. The minimum Gasteiger partial charge on any atom is -0.479 e. The third-order valence-corrected chi connectivity index (χ3v) is 4.67. The number of carbonyl (C=O) groups excluding carboxylic acids is 1. The fraction of sp³-hybridized carbons (Fsp3) is 0.882. The average Bonchev–Trinajstić information content (AvgIpc) is 2.88. The molecule has 1 aliphatic rings. The summed E-state index contributed by atoms with van der Waals surface area (Å²) in [6, 6.07) is 0. The molecule has 0 radical (unpaired) electrons. The van der Waals surface area contributed by atoms with Gasteiger partial charge in [-0.05, 0) is 19.3 Å². The lowest BCUT2D eigenvalue weighted by molar-refractivity contribution is -0.187. The lowest BCUT2D eigenvalue weighted by atomic mass is 9.88. The van der Waals surface area contributed by atoms with Gasteiger partial charge in [0.25, 0.3) is 0 Å². The number of hydrogen-bond donors (Lipinski definition) is 2. The second-order valence-electron chi connectivity index (χ2n) is 6.39. The molecule has 5 nitrogen and oxygen atoms in total. The zero-order chi connectivity index (χ0) is 16.4. The Hall–Kier alpha value is -0.940. The molecule has 0 aliphatic carbocycles. The molecule has 2 N–H and O–H groups in total. The number of hydroxylamine groups is 2. The summed E-state index contributed by atoms with van der Waals surface area (Å²) < 4.78 is 0. The molecule has 1 fully saturated rings. The van der Waals surface area contributed by atoms with Gasteiger partial charge in [-0.1, -0.05) is 58.3 Å². The molecular weight excluding hydrogens is 282 g/mol. The van der Waals surface area contributed by atoms with Gasteiger partial charge in [-0.2, -0.15) is 5.06 Å². The molecule has 22 heavy (non-hydrogen) atoms. The van der Waals surface area contributed by atoms with Crippen molar-refractivity contribution >= 4 is 11.8 Å². The number of rotatable bonds is 12. The third-order valence-electron chi connectivity index (χ3n) is 4.67. The highest BCUT2D eigenvalue weighted by atomic mass is 16.5. The Morgan fingerprint density at radius 2 is 1.55 bits per heavy atom. The van der Waals surface area contributed by atoms with Crippen LogP contribution in [0, 0.1) is 0 Å². The van der Waals surface area contributed by atoms with E-state index in [-0.39, 0.29) is 25.2 Å². The first-order valence-corrected chi connectivity index (χ1v) is 8.79. The summed E-state index contributed by atoms with van der Waals surface area (Å²) in [6.07, 6.45) is 11.4. The van der Waals surface area contributed by atoms with E-state index in [4.69, 9.17) is 0 Å². The van der Waals surface area contributed by atoms with Gasteiger partial charge in [-0.15, -0.1) is 0 Å². The van der Waals surface area contributed by atoms with Gasteiger partial charge in [0.15, 0.2) is 5.78 Å². The number of ketones is 1. The summed E-state index contributed by atoms with van der Waals surface area (Å²) in [6.45, 7) is 2.47. The van der Waals surface area contributed by atoms with Crippen molar-refractivity contribution in [1.29, 1.82) is 0 Å². The normalized spacial score (nSPS) is 22.1. The van der Waals surface area contributed by atoms with E-state index < -0.39 is 11.5 Å². The van der Waals surface area contributed by atoms with Crippen LogP contribution in [0.15, 0.2) is 0 Å². The van der Waals surface area contributed by atoms with Gasteiger partial charge < -0.3 is 10.3 Å².